The molecule has 4 aromatic carbocycles. The number of para-hydroxylation sites is 1. The van der Waals surface area contributed by atoms with Crippen molar-refractivity contribution in [3.63, 3.8) is 0 Å². The lowest BCUT2D eigenvalue weighted by molar-refractivity contribution is 0.625. The predicted molar refractivity (Wildman–Crippen MR) is 125 cm³/mol. The van der Waals surface area contributed by atoms with Crippen LogP contribution < -0.4 is 5.73 Å². The number of nitrogens with zero attached hydrogens (tertiary/aromatic N) is 1. The zero-order valence-corrected chi connectivity index (χ0v) is 16.4. The fraction of sp³-hybridized carbons (Fsp3) is 0. The highest BCUT2D eigenvalue weighted by Crippen LogP contribution is 2.39. The van der Waals surface area contributed by atoms with Gasteiger partial charge in [0.25, 0.3) is 0 Å². The maximum Gasteiger partial charge on any atom is 0.229 e. The molecule has 0 bridgehead atoms. The van der Waals surface area contributed by atoms with Crippen molar-refractivity contribution in [1.29, 1.82) is 0 Å². The number of furan rings is 1. The number of nitrogens with two attached hydrogens (primary N) is 1. The summed E-state index contributed by atoms with van der Waals surface area (Å²) in [6.45, 7) is 4.34. The van der Waals surface area contributed by atoms with Crippen LogP contribution in [-0.2, 0) is 0 Å². The first kappa shape index (κ1) is 18.0. The SMILES string of the molecule is C=C(c1ccccc1)c1c(/N=C(\N)c2cccc3ccccc23)oc2ccccc12. The topological polar surface area (TPSA) is 51.5 Å². The van der Waals surface area contributed by atoms with Crippen LogP contribution in [0.2, 0.25) is 0 Å². The average molecular weight is 388 g/mol. The summed E-state index contributed by atoms with van der Waals surface area (Å²) >= 11 is 0. The molecule has 3 nitrogen and oxygen atoms in total. The summed E-state index contributed by atoms with van der Waals surface area (Å²) in [5, 5.41) is 3.14. The Morgan fingerprint density at radius 2 is 1.40 bits per heavy atom. The molecule has 0 amide bonds. The lowest BCUT2D eigenvalue weighted by Crippen LogP contribution is -2.13. The minimum absolute atomic E-state index is 0.410. The molecule has 5 rings (SSSR count). The summed E-state index contributed by atoms with van der Waals surface area (Å²) in [5.74, 6) is 0.878. The predicted octanol–water partition coefficient (Wildman–Crippen LogP) is 6.68. The summed E-state index contributed by atoms with van der Waals surface area (Å²) in [4.78, 5) is 4.73. The molecule has 0 aliphatic carbocycles. The first-order valence-electron chi connectivity index (χ1n) is 9.81. The van der Waals surface area contributed by atoms with E-state index in [0.717, 1.165) is 44.0 Å². The van der Waals surface area contributed by atoms with Crippen molar-refractivity contribution in [1.82, 2.24) is 0 Å². The Kier molecular flexibility index (Phi) is 4.41. The molecule has 1 aromatic heterocycles. The van der Waals surface area contributed by atoms with Gasteiger partial charge in [-0.05, 0) is 28.0 Å². The van der Waals surface area contributed by atoms with Gasteiger partial charge in [0.2, 0.25) is 5.88 Å². The Hall–Kier alpha value is -4.11. The van der Waals surface area contributed by atoms with E-state index in [1.807, 2.05) is 78.9 Å². The number of benzene rings is 4. The second kappa shape index (κ2) is 7.37. The summed E-state index contributed by atoms with van der Waals surface area (Å²) in [5.41, 5.74) is 10.9. The molecule has 0 aliphatic heterocycles. The maximum absolute atomic E-state index is 6.48. The lowest BCUT2D eigenvalue weighted by Gasteiger charge is -2.08. The average Bonchev–Trinajstić information content (AvgIpc) is 3.16. The molecule has 30 heavy (non-hydrogen) atoms. The van der Waals surface area contributed by atoms with Crippen LogP contribution in [0.15, 0.2) is 113 Å². The number of hydrogen-bond donors (Lipinski definition) is 1. The molecule has 0 fully saturated rings. The van der Waals surface area contributed by atoms with Crippen LogP contribution in [-0.4, -0.2) is 5.84 Å². The van der Waals surface area contributed by atoms with Crippen LogP contribution in [0.5, 0.6) is 0 Å². The first-order chi connectivity index (χ1) is 14.7. The van der Waals surface area contributed by atoms with E-state index in [0.29, 0.717) is 11.7 Å². The molecule has 5 aromatic rings. The van der Waals surface area contributed by atoms with E-state index in [-0.39, 0.29) is 0 Å². The minimum atomic E-state index is 0.410. The zero-order chi connectivity index (χ0) is 20.5. The standard InChI is InChI=1S/C27H20N2O/c1-18(19-10-3-2-4-11-19)25-23-15-7-8-17-24(23)30-27(25)29-26(28)22-16-9-13-20-12-5-6-14-21(20)22/h2-17H,1H2,(H2,28,29). The van der Waals surface area contributed by atoms with Crippen molar-refractivity contribution in [2.24, 2.45) is 10.7 Å². The quantitative estimate of drug-likeness (QED) is 0.276. The van der Waals surface area contributed by atoms with Crippen LogP contribution in [0.1, 0.15) is 16.7 Å². The highest BCUT2D eigenvalue weighted by molar-refractivity contribution is 6.10. The highest BCUT2D eigenvalue weighted by Gasteiger charge is 2.18. The number of rotatable bonds is 4. The van der Waals surface area contributed by atoms with Crippen LogP contribution >= 0.6 is 0 Å². The molecule has 0 atom stereocenters. The van der Waals surface area contributed by atoms with E-state index >= 15 is 0 Å². The normalized spacial score (nSPS) is 11.8. The Labute approximate surface area is 174 Å². The molecule has 3 heteroatoms. The van der Waals surface area contributed by atoms with Gasteiger partial charge in [-0.15, -0.1) is 0 Å². The third-order valence-electron chi connectivity index (χ3n) is 5.29. The van der Waals surface area contributed by atoms with E-state index < -0.39 is 0 Å². The molecule has 0 unspecified atom stereocenters. The van der Waals surface area contributed by atoms with Crippen molar-refractivity contribution in [2.75, 3.05) is 0 Å². The van der Waals surface area contributed by atoms with Gasteiger partial charge in [0.1, 0.15) is 11.4 Å². The Bertz CT molecular complexity index is 1410. The molecular weight excluding hydrogens is 368 g/mol. The first-order valence-corrected chi connectivity index (χ1v) is 9.81. The molecule has 0 saturated heterocycles. The minimum Gasteiger partial charge on any atom is -0.438 e. The number of aliphatic imine (C=N–C) groups is 1. The van der Waals surface area contributed by atoms with Crippen molar-refractivity contribution in [3.8, 4) is 0 Å². The Morgan fingerprint density at radius 1 is 0.733 bits per heavy atom. The van der Waals surface area contributed by atoms with Gasteiger partial charge in [-0.25, -0.2) is 0 Å². The third kappa shape index (κ3) is 3.07. The summed E-state index contributed by atoms with van der Waals surface area (Å²) in [7, 11) is 0. The van der Waals surface area contributed by atoms with E-state index in [9.17, 15) is 0 Å². The van der Waals surface area contributed by atoms with Crippen LogP contribution in [0, 0.1) is 0 Å². The van der Waals surface area contributed by atoms with Crippen molar-refractivity contribution in [2.45, 2.75) is 0 Å². The fourth-order valence-corrected chi connectivity index (χ4v) is 3.80. The second-order valence-electron chi connectivity index (χ2n) is 7.15. The van der Waals surface area contributed by atoms with Gasteiger partial charge in [-0.3, -0.25) is 0 Å². The summed E-state index contributed by atoms with van der Waals surface area (Å²) in [6.07, 6.45) is 0. The Morgan fingerprint density at radius 3 is 2.23 bits per heavy atom. The third-order valence-corrected chi connectivity index (χ3v) is 5.29. The van der Waals surface area contributed by atoms with E-state index in [1.165, 1.54) is 0 Å². The van der Waals surface area contributed by atoms with Gasteiger partial charge in [-0.2, -0.15) is 4.99 Å². The summed E-state index contributed by atoms with van der Waals surface area (Å²) in [6, 6.07) is 32.1. The van der Waals surface area contributed by atoms with Gasteiger partial charge in [0, 0.05) is 10.9 Å². The van der Waals surface area contributed by atoms with E-state index in [4.69, 9.17) is 15.1 Å². The molecule has 0 aliphatic rings. The number of fused-ring (bicyclic) bond motifs is 2. The molecule has 2 N–H and O–H groups in total. The van der Waals surface area contributed by atoms with E-state index in [2.05, 4.69) is 24.8 Å². The largest absolute Gasteiger partial charge is 0.438 e. The molecule has 0 radical (unpaired) electrons. The smallest absolute Gasteiger partial charge is 0.229 e. The molecule has 0 spiro atoms. The van der Waals surface area contributed by atoms with Crippen LogP contribution in [0.4, 0.5) is 5.88 Å². The fourth-order valence-electron chi connectivity index (χ4n) is 3.80. The molecule has 0 saturated carbocycles. The summed E-state index contributed by atoms with van der Waals surface area (Å²) < 4.78 is 6.12. The number of amidine groups is 1. The Balaban J connectivity index is 1.70. The zero-order valence-electron chi connectivity index (χ0n) is 16.4. The van der Waals surface area contributed by atoms with Crippen molar-refractivity contribution < 1.29 is 4.42 Å². The van der Waals surface area contributed by atoms with Crippen molar-refractivity contribution >= 4 is 39.0 Å². The van der Waals surface area contributed by atoms with Crippen LogP contribution in [0.25, 0.3) is 27.3 Å². The molecule has 1 heterocycles. The highest BCUT2D eigenvalue weighted by atomic mass is 16.3. The van der Waals surface area contributed by atoms with Gasteiger partial charge >= 0.3 is 0 Å². The lowest BCUT2D eigenvalue weighted by atomic mass is 9.98. The molecular formula is C27H20N2O. The van der Waals surface area contributed by atoms with Crippen LogP contribution in [0.3, 0.4) is 0 Å². The second-order valence-corrected chi connectivity index (χ2v) is 7.15. The number of hydrogen-bond acceptors (Lipinski definition) is 2. The van der Waals surface area contributed by atoms with Gasteiger partial charge in [0.05, 0.1) is 5.56 Å². The van der Waals surface area contributed by atoms with Crippen molar-refractivity contribution in [3.05, 3.63) is 120 Å². The van der Waals surface area contributed by atoms with E-state index in [1.54, 1.807) is 0 Å². The van der Waals surface area contributed by atoms with Gasteiger partial charge < -0.3 is 10.2 Å². The van der Waals surface area contributed by atoms with Gasteiger partial charge in [-0.1, -0.05) is 97.6 Å². The monoisotopic (exact) mass is 388 g/mol. The molecule has 144 valence electrons. The maximum atomic E-state index is 6.48. The van der Waals surface area contributed by atoms with Gasteiger partial charge in [0.15, 0.2) is 0 Å².